The van der Waals surface area contributed by atoms with Gasteiger partial charge in [0.15, 0.2) is 0 Å². The molecule has 2 aliphatic rings. The molecule has 5 nitrogen and oxygen atoms in total. The molecule has 140 valence electrons. The van der Waals surface area contributed by atoms with Crippen molar-refractivity contribution in [2.24, 2.45) is 7.05 Å². The molecule has 2 unspecified atom stereocenters. The zero-order chi connectivity index (χ0) is 18.3. The summed E-state index contributed by atoms with van der Waals surface area (Å²) in [6.45, 7) is 0.904. The number of hydrogen-bond donors (Lipinski definition) is 2. The molecule has 1 aromatic carbocycles. The molecule has 2 saturated heterocycles. The van der Waals surface area contributed by atoms with Gasteiger partial charge in [0.05, 0.1) is 5.56 Å². The molecular formula is C21H29N3O2. The minimum Gasteiger partial charge on any atom is -0.478 e. The number of nitrogens with one attached hydrogen (secondary N) is 1. The molecule has 0 saturated carbocycles. The highest BCUT2D eigenvalue weighted by Gasteiger charge is 2.35. The normalized spacial score (nSPS) is 26.3. The van der Waals surface area contributed by atoms with Crippen molar-refractivity contribution in [3.8, 4) is 0 Å². The number of aryl methyl sites for hydroxylation is 1. The third-order valence-electron chi connectivity index (χ3n) is 6.49. The lowest BCUT2D eigenvalue weighted by molar-refractivity contribution is 0.0488. The third-order valence-corrected chi connectivity index (χ3v) is 6.49. The molecule has 4 rings (SSSR count). The van der Waals surface area contributed by atoms with Gasteiger partial charge >= 0.3 is 5.97 Å². The maximum absolute atomic E-state index is 11.6. The Morgan fingerprint density at radius 3 is 2.65 bits per heavy atom. The minimum atomic E-state index is -0.848. The Labute approximate surface area is 155 Å². The van der Waals surface area contributed by atoms with Crippen LogP contribution in [0.3, 0.4) is 0 Å². The maximum atomic E-state index is 11.6. The molecule has 2 fully saturated rings. The van der Waals surface area contributed by atoms with Crippen molar-refractivity contribution in [3.63, 3.8) is 0 Å². The fourth-order valence-corrected chi connectivity index (χ4v) is 5.10. The number of aromatic nitrogens is 1. The molecule has 2 bridgehead atoms. The maximum Gasteiger partial charge on any atom is 0.336 e. The Morgan fingerprint density at radius 2 is 1.96 bits per heavy atom. The highest BCUT2D eigenvalue weighted by Crippen LogP contribution is 2.32. The van der Waals surface area contributed by atoms with Gasteiger partial charge in [-0.25, -0.2) is 4.79 Å². The van der Waals surface area contributed by atoms with Crippen LogP contribution in [-0.2, 0) is 13.5 Å². The second kappa shape index (κ2) is 7.05. The van der Waals surface area contributed by atoms with E-state index in [1.807, 2.05) is 23.7 Å². The van der Waals surface area contributed by atoms with Crippen LogP contribution in [0.4, 0.5) is 0 Å². The topological polar surface area (TPSA) is 57.5 Å². The molecule has 2 atom stereocenters. The van der Waals surface area contributed by atoms with Crippen molar-refractivity contribution < 1.29 is 9.90 Å². The van der Waals surface area contributed by atoms with Crippen LogP contribution in [0.1, 0.15) is 48.0 Å². The summed E-state index contributed by atoms with van der Waals surface area (Å²) in [5.74, 6) is -0.848. The van der Waals surface area contributed by atoms with E-state index >= 15 is 0 Å². The van der Waals surface area contributed by atoms with E-state index in [9.17, 15) is 9.90 Å². The van der Waals surface area contributed by atoms with Gasteiger partial charge in [0.1, 0.15) is 0 Å². The molecule has 2 aliphatic heterocycles. The number of rotatable bonds is 5. The number of nitrogens with zero attached hydrogens (tertiary/aromatic N) is 2. The lowest BCUT2D eigenvalue weighted by atomic mass is 9.82. The standard InChI is InChI=1S/C21H29N3O2/c1-23-13-14(20-18(21(25)26)7-4-8-19(20)23)9-10-22-15-11-16-5-3-6-17(12-15)24(16)2/h4,7-8,13,15-17,22H,3,5-6,9-12H2,1-2H3,(H,25,26). The van der Waals surface area contributed by atoms with Crippen LogP contribution in [0.15, 0.2) is 24.4 Å². The summed E-state index contributed by atoms with van der Waals surface area (Å²) in [5.41, 5.74) is 2.53. The van der Waals surface area contributed by atoms with E-state index in [-0.39, 0.29) is 0 Å². The first-order chi connectivity index (χ1) is 12.5. The van der Waals surface area contributed by atoms with E-state index in [1.165, 1.54) is 32.1 Å². The van der Waals surface area contributed by atoms with Crippen LogP contribution >= 0.6 is 0 Å². The molecule has 2 N–H and O–H groups in total. The van der Waals surface area contributed by atoms with E-state index in [0.29, 0.717) is 11.6 Å². The van der Waals surface area contributed by atoms with Crippen LogP contribution in [0.5, 0.6) is 0 Å². The van der Waals surface area contributed by atoms with Crippen LogP contribution in [0.2, 0.25) is 0 Å². The Hall–Kier alpha value is -1.85. The first kappa shape index (κ1) is 17.6. The fourth-order valence-electron chi connectivity index (χ4n) is 5.10. The summed E-state index contributed by atoms with van der Waals surface area (Å²) in [5, 5.41) is 14.2. The van der Waals surface area contributed by atoms with E-state index in [1.54, 1.807) is 6.07 Å². The summed E-state index contributed by atoms with van der Waals surface area (Å²) in [7, 11) is 4.28. The highest BCUT2D eigenvalue weighted by molar-refractivity contribution is 6.04. The quantitative estimate of drug-likeness (QED) is 0.866. The van der Waals surface area contributed by atoms with Gasteiger partial charge in [0.25, 0.3) is 0 Å². The molecule has 0 aliphatic carbocycles. The predicted octanol–water partition coefficient (Wildman–Crippen LogP) is 3.02. The molecule has 0 spiro atoms. The highest BCUT2D eigenvalue weighted by atomic mass is 16.4. The molecule has 2 aromatic rings. The Balaban J connectivity index is 1.45. The smallest absolute Gasteiger partial charge is 0.336 e. The monoisotopic (exact) mass is 355 g/mol. The van der Waals surface area contributed by atoms with E-state index in [2.05, 4.69) is 23.5 Å². The number of benzene rings is 1. The summed E-state index contributed by atoms with van der Waals surface area (Å²) in [6.07, 6.45) is 9.46. The second-order valence-corrected chi connectivity index (χ2v) is 8.05. The van der Waals surface area contributed by atoms with Gasteiger partial charge in [0, 0.05) is 42.3 Å². The predicted molar refractivity (Wildman–Crippen MR) is 104 cm³/mol. The number of carbonyl (C=O) groups is 1. The SMILES string of the molecule is CN1C2CCCC1CC(NCCc1cn(C)c3cccc(C(=O)O)c13)C2. The Bertz CT molecular complexity index is 799. The molecule has 0 radical (unpaired) electrons. The van der Waals surface area contributed by atoms with Crippen LogP contribution in [0, 0.1) is 0 Å². The molecule has 5 heteroatoms. The zero-order valence-electron chi connectivity index (χ0n) is 15.7. The van der Waals surface area contributed by atoms with Gasteiger partial charge in [-0.1, -0.05) is 12.5 Å². The van der Waals surface area contributed by atoms with Gasteiger partial charge < -0.3 is 19.9 Å². The fraction of sp³-hybridized carbons (Fsp3) is 0.571. The lowest BCUT2D eigenvalue weighted by Crippen LogP contribution is -2.54. The van der Waals surface area contributed by atoms with Crippen molar-refractivity contribution >= 4 is 16.9 Å². The number of fused-ring (bicyclic) bond motifs is 3. The van der Waals surface area contributed by atoms with E-state index < -0.39 is 5.97 Å². The van der Waals surface area contributed by atoms with Crippen LogP contribution in [-0.4, -0.2) is 52.3 Å². The first-order valence-corrected chi connectivity index (χ1v) is 9.80. The number of piperidine rings is 2. The summed E-state index contributed by atoms with van der Waals surface area (Å²) < 4.78 is 2.04. The van der Waals surface area contributed by atoms with Gasteiger partial charge in [-0.15, -0.1) is 0 Å². The van der Waals surface area contributed by atoms with Gasteiger partial charge in [0.2, 0.25) is 0 Å². The zero-order valence-corrected chi connectivity index (χ0v) is 15.7. The average Bonchev–Trinajstić information content (AvgIpc) is 2.92. The van der Waals surface area contributed by atoms with Crippen molar-refractivity contribution in [2.45, 2.75) is 56.7 Å². The number of carboxylic acid groups (broad SMARTS) is 1. The second-order valence-electron chi connectivity index (χ2n) is 8.05. The number of carboxylic acids is 1. The van der Waals surface area contributed by atoms with Gasteiger partial charge in [-0.05, 0) is 63.4 Å². The number of hydrogen-bond acceptors (Lipinski definition) is 3. The third kappa shape index (κ3) is 3.14. The summed E-state index contributed by atoms with van der Waals surface area (Å²) >= 11 is 0. The average molecular weight is 355 g/mol. The van der Waals surface area contributed by atoms with Crippen molar-refractivity contribution in [2.75, 3.05) is 13.6 Å². The molecule has 3 heterocycles. The minimum absolute atomic E-state index is 0.409. The van der Waals surface area contributed by atoms with Crippen LogP contribution in [0.25, 0.3) is 10.9 Å². The van der Waals surface area contributed by atoms with Gasteiger partial charge in [-0.3, -0.25) is 0 Å². The largest absolute Gasteiger partial charge is 0.478 e. The number of aromatic carboxylic acids is 1. The molecule has 0 amide bonds. The van der Waals surface area contributed by atoms with E-state index in [4.69, 9.17) is 0 Å². The lowest BCUT2D eigenvalue weighted by Gasteiger charge is -2.47. The Kier molecular flexibility index (Phi) is 4.76. The van der Waals surface area contributed by atoms with Crippen molar-refractivity contribution in [3.05, 3.63) is 35.5 Å². The molecule has 1 aromatic heterocycles. The van der Waals surface area contributed by atoms with Crippen LogP contribution < -0.4 is 5.32 Å². The molecular weight excluding hydrogens is 326 g/mol. The Morgan fingerprint density at radius 1 is 1.23 bits per heavy atom. The van der Waals surface area contributed by atoms with Crippen molar-refractivity contribution in [1.82, 2.24) is 14.8 Å². The van der Waals surface area contributed by atoms with E-state index in [0.717, 1.165) is 41.5 Å². The molecule has 26 heavy (non-hydrogen) atoms. The van der Waals surface area contributed by atoms with Crippen molar-refractivity contribution in [1.29, 1.82) is 0 Å². The first-order valence-electron chi connectivity index (χ1n) is 9.80. The van der Waals surface area contributed by atoms with Gasteiger partial charge in [-0.2, -0.15) is 0 Å². The summed E-state index contributed by atoms with van der Waals surface area (Å²) in [4.78, 5) is 14.2. The summed E-state index contributed by atoms with van der Waals surface area (Å²) in [6, 6.07) is 7.59.